The van der Waals surface area contributed by atoms with E-state index in [-0.39, 0.29) is 11.8 Å². The van der Waals surface area contributed by atoms with Crippen LogP contribution >= 0.6 is 23.2 Å². The van der Waals surface area contributed by atoms with Crippen LogP contribution in [0.4, 0.5) is 0 Å². The van der Waals surface area contributed by atoms with E-state index in [2.05, 4.69) is 10.2 Å². The molecule has 1 unspecified atom stereocenters. The van der Waals surface area contributed by atoms with Gasteiger partial charge in [-0.25, -0.2) is 0 Å². The Kier molecular flexibility index (Phi) is 5.14. The van der Waals surface area contributed by atoms with Crippen molar-refractivity contribution in [3.05, 3.63) is 70.1 Å². The number of carbonyl (C=O) groups is 1. The number of rotatable bonds is 3. The van der Waals surface area contributed by atoms with Gasteiger partial charge in [-0.15, -0.1) is 10.2 Å². The van der Waals surface area contributed by atoms with Crippen LogP contribution in [-0.2, 0) is 4.79 Å². The maximum atomic E-state index is 12.7. The molecule has 2 aromatic heterocycles. The zero-order chi connectivity index (χ0) is 18.8. The Morgan fingerprint density at radius 1 is 1.19 bits per heavy atom. The molecule has 1 aromatic carbocycles. The first kappa shape index (κ1) is 18.0. The average Bonchev–Trinajstić information content (AvgIpc) is 3.11. The fourth-order valence-electron chi connectivity index (χ4n) is 3.43. The molecule has 1 saturated heterocycles. The van der Waals surface area contributed by atoms with Crippen LogP contribution in [0.3, 0.4) is 0 Å². The van der Waals surface area contributed by atoms with Crippen LogP contribution in [0.1, 0.15) is 30.1 Å². The number of pyridine rings is 1. The summed E-state index contributed by atoms with van der Waals surface area (Å²) in [5.41, 5.74) is 1.60. The molecule has 1 aliphatic heterocycles. The predicted octanol–water partition coefficient (Wildman–Crippen LogP) is 4.46. The molecule has 1 atom stereocenters. The zero-order valence-corrected chi connectivity index (χ0v) is 16.1. The number of hydrogen-bond donors (Lipinski definition) is 0. The Hall–Kier alpha value is -2.37. The quantitative estimate of drug-likeness (QED) is 0.609. The van der Waals surface area contributed by atoms with Crippen molar-refractivity contribution in [1.82, 2.24) is 19.5 Å². The van der Waals surface area contributed by atoms with Crippen molar-refractivity contribution in [2.45, 2.75) is 18.8 Å². The standard InChI is InChI=1S/C20H18Cl2N4O/c21-16-8-6-14(17(22)12-16)7-9-19(27)25-10-3-4-15(13-25)20-24-23-18-5-1-2-11-26(18)20/h1-2,5-9,11-12,15H,3-4,10,13H2. The van der Waals surface area contributed by atoms with E-state index in [9.17, 15) is 4.79 Å². The number of amides is 1. The molecule has 4 rings (SSSR count). The lowest BCUT2D eigenvalue weighted by Gasteiger charge is -2.31. The number of hydrogen-bond acceptors (Lipinski definition) is 3. The summed E-state index contributed by atoms with van der Waals surface area (Å²) in [6.45, 7) is 1.37. The molecule has 3 aromatic rings. The van der Waals surface area contributed by atoms with E-state index in [1.807, 2.05) is 33.7 Å². The molecule has 0 bridgehead atoms. The van der Waals surface area contributed by atoms with Gasteiger partial charge in [-0.3, -0.25) is 9.20 Å². The minimum Gasteiger partial charge on any atom is -0.338 e. The molecule has 0 radical (unpaired) electrons. The lowest BCUT2D eigenvalue weighted by Crippen LogP contribution is -2.38. The van der Waals surface area contributed by atoms with Gasteiger partial charge in [-0.1, -0.05) is 35.3 Å². The fourth-order valence-corrected chi connectivity index (χ4v) is 3.90. The largest absolute Gasteiger partial charge is 0.338 e. The molecule has 3 heterocycles. The smallest absolute Gasteiger partial charge is 0.246 e. The summed E-state index contributed by atoms with van der Waals surface area (Å²) in [5.74, 6) is 1.06. The predicted molar refractivity (Wildman–Crippen MR) is 107 cm³/mol. The minimum absolute atomic E-state index is 0.0282. The first-order valence-electron chi connectivity index (χ1n) is 8.83. The minimum atomic E-state index is -0.0282. The second-order valence-electron chi connectivity index (χ2n) is 6.61. The molecule has 5 nitrogen and oxygen atoms in total. The van der Waals surface area contributed by atoms with E-state index < -0.39 is 0 Å². The third-order valence-electron chi connectivity index (χ3n) is 4.81. The molecule has 138 valence electrons. The Labute approximate surface area is 167 Å². The third-order valence-corrected chi connectivity index (χ3v) is 5.37. The lowest BCUT2D eigenvalue weighted by molar-refractivity contribution is -0.127. The summed E-state index contributed by atoms with van der Waals surface area (Å²) in [5, 5.41) is 9.68. The topological polar surface area (TPSA) is 50.5 Å². The summed E-state index contributed by atoms with van der Waals surface area (Å²) in [6.07, 6.45) is 7.20. The first-order chi connectivity index (χ1) is 13.1. The molecular formula is C20H18Cl2N4O. The van der Waals surface area contributed by atoms with Gasteiger partial charge in [0.1, 0.15) is 5.82 Å². The number of likely N-dealkylation sites (tertiary alicyclic amines) is 1. The van der Waals surface area contributed by atoms with E-state index in [4.69, 9.17) is 23.2 Å². The third kappa shape index (κ3) is 3.84. The van der Waals surface area contributed by atoms with Gasteiger partial charge in [0.2, 0.25) is 5.91 Å². The maximum absolute atomic E-state index is 12.7. The summed E-state index contributed by atoms with van der Waals surface area (Å²) in [4.78, 5) is 14.5. The fraction of sp³-hybridized carbons (Fsp3) is 0.250. The lowest BCUT2D eigenvalue weighted by atomic mass is 9.97. The molecule has 1 fully saturated rings. The van der Waals surface area contributed by atoms with E-state index in [0.717, 1.165) is 36.4 Å². The van der Waals surface area contributed by atoms with Crippen LogP contribution < -0.4 is 0 Å². The molecule has 1 amide bonds. The number of carbonyl (C=O) groups excluding carboxylic acids is 1. The average molecular weight is 401 g/mol. The Bertz CT molecular complexity index is 1010. The first-order valence-corrected chi connectivity index (χ1v) is 9.59. The molecular weight excluding hydrogens is 383 g/mol. The SMILES string of the molecule is O=C(C=Cc1ccc(Cl)cc1Cl)N1CCCC(c2nnc3ccccn23)C1. The summed E-state index contributed by atoms with van der Waals surface area (Å²) < 4.78 is 2.00. The van der Waals surface area contributed by atoms with Crippen LogP contribution in [0.2, 0.25) is 10.0 Å². The number of fused-ring (bicyclic) bond motifs is 1. The van der Waals surface area contributed by atoms with Crippen LogP contribution in [-0.4, -0.2) is 38.5 Å². The number of benzene rings is 1. The zero-order valence-electron chi connectivity index (χ0n) is 14.6. The van der Waals surface area contributed by atoms with Gasteiger partial charge < -0.3 is 4.90 Å². The van der Waals surface area contributed by atoms with Gasteiger partial charge in [0, 0.05) is 41.3 Å². The molecule has 7 heteroatoms. The number of halogens is 2. The van der Waals surface area contributed by atoms with Gasteiger partial charge >= 0.3 is 0 Å². The van der Waals surface area contributed by atoms with Crippen molar-refractivity contribution in [3.63, 3.8) is 0 Å². The second kappa shape index (κ2) is 7.71. The highest BCUT2D eigenvalue weighted by Crippen LogP contribution is 2.27. The van der Waals surface area contributed by atoms with Crippen LogP contribution in [0.25, 0.3) is 11.7 Å². The highest BCUT2D eigenvalue weighted by Gasteiger charge is 2.27. The highest BCUT2D eigenvalue weighted by molar-refractivity contribution is 6.35. The van der Waals surface area contributed by atoms with Crippen molar-refractivity contribution >= 4 is 40.8 Å². The van der Waals surface area contributed by atoms with Gasteiger partial charge in [0.15, 0.2) is 5.65 Å². The van der Waals surface area contributed by atoms with E-state index in [1.165, 1.54) is 0 Å². The normalized spacial score (nSPS) is 17.7. The number of nitrogens with zero attached hydrogens (tertiary/aromatic N) is 4. The van der Waals surface area contributed by atoms with Crippen molar-refractivity contribution in [1.29, 1.82) is 0 Å². The van der Waals surface area contributed by atoms with Crippen molar-refractivity contribution < 1.29 is 4.79 Å². The van der Waals surface area contributed by atoms with Gasteiger partial charge in [-0.05, 0) is 48.7 Å². The summed E-state index contributed by atoms with van der Waals surface area (Å²) >= 11 is 12.1. The molecule has 0 N–H and O–H groups in total. The molecule has 1 aliphatic rings. The molecule has 27 heavy (non-hydrogen) atoms. The Morgan fingerprint density at radius 3 is 2.93 bits per heavy atom. The van der Waals surface area contributed by atoms with Gasteiger partial charge in [0.25, 0.3) is 0 Å². The molecule has 0 saturated carbocycles. The number of piperidine rings is 1. The number of aromatic nitrogens is 3. The Balaban J connectivity index is 1.49. The molecule has 0 aliphatic carbocycles. The summed E-state index contributed by atoms with van der Waals surface area (Å²) in [7, 11) is 0. The molecule has 0 spiro atoms. The van der Waals surface area contributed by atoms with E-state index in [0.29, 0.717) is 16.6 Å². The van der Waals surface area contributed by atoms with E-state index in [1.54, 1.807) is 30.4 Å². The van der Waals surface area contributed by atoms with Crippen molar-refractivity contribution in [3.8, 4) is 0 Å². The van der Waals surface area contributed by atoms with Crippen molar-refractivity contribution in [2.75, 3.05) is 13.1 Å². The second-order valence-corrected chi connectivity index (χ2v) is 7.45. The Morgan fingerprint density at radius 2 is 2.07 bits per heavy atom. The van der Waals surface area contributed by atoms with E-state index >= 15 is 0 Å². The summed E-state index contributed by atoms with van der Waals surface area (Å²) in [6, 6.07) is 11.1. The van der Waals surface area contributed by atoms with Crippen LogP contribution in [0.5, 0.6) is 0 Å². The van der Waals surface area contributed by atoms with Crippen LogP contribution in [0, 0.1) is 0 Å². The van der Waals surface area contributed by atoms with Gasteiger partial charge in [-0.2, -0.15) is 0 Å². The van der Waals surface area contributed by atoms with Crippen molar-refractivity contribution in [2.24, 2.45) is 0 Å². The van der Waals surface area contributed by atoms with Crippen LogP contribution in [0.15, 0.2) is 48.7 Å². The highest BCUT2D eigenvalue weighted by atomic mass is 35.5. The maximum Gasteiger partial charge on any atom is 0.246 e. The monoisotopic (exact) mass is 400 g/mol. The van der Waals surface area contributed by atoms with Gasteiger partial charge in [0.05, 0.1) is 0 Å².